The predicted octanol–water partition coefficient (Wildman–Crippen LogP) is 11.9. The molecule has 2 aliphatic carbocycles. The fourth-order valence-electron chi connectivity index (χ4n) is 8.23. The normalized spacial score (nSPS) is 18.1. The minimum absolute atomic E-state index is 0.0288. The molecule has 3 heteroatoms. The van der Waals surface area contributed by atoms with Gasteiger partial charge in [-0.3, -0.25) is 0 Å². The Morgan fingerprint density at radius 1 is 0.738 bits per heavy atom. The van der Waals surface area contributed by atoms with Crippen LogP contribution >= 0.6 is 17.2 Å². The van der Waals surface area contributed by atoms with Crippen molar-refractivity contribution in [3.63, 3.8) is 0 Å². The van der Waals surface area contributed by atoms with Crippen molar-refractivity contribution in [2.75, 3.05) is 0 Å². The van der Waals surface area contributed by atoms with Crippen molar-refractivity contribution in [1.29, 1.82) is 0 Å². The first kappa shape index (κ1) is 31.6. The summed E-state index contributed by atoms with van der Waals surface area (Å²) in [6.07, 6.45) is 13.5. The van der Waals surface area contributed by atoms with Crippen LogP contribution in [0.25, 0.3) is 11.1 Å². The Morgan fingerprint density at radius 2 is 1.24 bits per heavy atom. The van der Waals surface area contributed by atoms with Gasteiger partial charge < -0.3 is 0 Å². The fourth-order valence-corrected chi connectivity index (χ4v) is 49.7. The van der Waals surface area contributed by atoms with Gasteiger partial charge in [-0.1, -0.05) is 0 Å². The van der Waals surface area contributed by atoms with E-state index < -0.39 is 12.7 Å². The van der Waals surface area contributed by atoms with Crippen molar-refractivity contribution < 1.29 is 12.7 Å². The van der Waals surface area contributed by atoms with Gasteiger partial charge >= 0.3 is 258 Å². The van der Waals surface area contributed by atoms with Crippen LogP contribution in [-0.2, 0) is 23.5 Å². The van der Waals surface area contributed by atoms with E-state index in [2.05, 4.69) is 139 Å². The molecular formula is C39H48Cl2Hf. The molecule has 3 aromatic rings. The number of hydrogen-bond acceptors (Lipinski definition) is 0. The van der Waals surface area contributed by atoms with E-state index >= 15 is 0 Å². The van der Waals surface area contributed by atoms with Gasteiger partial charge in [0.2, 0.25) is 0 Å². The van der Waals surface area contributed by atoms with Crippen molar-refractivity contribution >= 4 is 24.7 Å². The van der Waals surface area contributed by atoms with Gasteiger partial charge in [0.05, 0.1) is 0 Å². The summed E-state index contributed by atoms with van der Waals surface area (Å²) in [5, 5.41) is 0. The zero-order chi connectivity index (χ0) is 30.7. The third kappa shape index (κ3) is 4.43. The van der Waals surface area contributed by atoms with Gasteiger partial charge in [-0.2, -0.15) is 0 Å². The van der Waals surface area contributed by atoms with Crippen LogP contribution < -0.4 is 3.32 Å². The first-order valence-electron chi connectivity index (χ1n) is 15.6. The third-order valence-corrected chi connectivity index (χ3v) is 58.3. The summed E-state index contributed by atoms with van der Waals surface area (Å²) in [5.74, 6) is 0. The third-order valence-electron chi connectivity index (χ3n) is 10.9. The van der Waals surface area contributed by atoms with Gasteiger partial charge in [-0.15, -0.1) is 0 Å². The second-order valence-corrected chi connectivity index (χ2v) is 70.2. The van der Waals surface area contributed by atoms with Crippen LogP contribution in [0.15, 0.2) is 104 Å². The van der Waals surface area contributed by atoms with E-state index in [1.807, 2.05) is 6.08 Å². The zero-order valence-electron chi connectivity index (χ0n) is 26.4. The SMILES string of the molecule is C=CCCC[CH2][Hf](=[CH2])([Cl])([Cl])([c]1ccccc1)([CH]1C=CC=C1)[CH]1c2cc(C(C)(C)C)ccc2-c2ccc(C(C)(C)C)cc21. The van der Waals surface area contributed by atoms with E-state index in [1.165, 1.54) is 33.4 Å². The molecule has 0 saturated heterocycles. The van der Waals surface area contributed by atoms with Crippen molar-refractivity contribution in [3.05, 3.63) is 126 Å². The van der Waals surface area contributed by atoms with Crippen molar-refractivity contribution in [3.8, 4) is 11.1 Å². The van der Waals surface area contributed by atoms with Crippen LogP contribution in [0.4, 0.5) is 0 Å². The van der Waals surface area contributed by atoms with Crippen molar-refractivity contribution in [2.24, 2.45) is 0 Å². The Kier molecular flexibility index (Phi) is 7.04. The fraction of sp³-hybridized carbons (Fsp3) is 0.359. The van der Waals surface area contributed by atoms with Crippen molar-refractivity contribution in [2.45, 2.75) is 83.2 Å². The van der Waals surface area contributed by atoms with Crippen molar-refractivity contribution in [1.82, 2.24) is 0 Å². The monoisotopic (exact) mass is 766 g/mol. The van der Waals surface area contributed by atoms with E-state index in [0.717, 1.165) is 22.6 Å². The molecule has 0 aliphatic heterocycles. The van der Waals surface area contributed by atoms with Gasteiger partial charge in [-0.25, -0.2) is 0 Å². The van der Waals surface area contributed by atoms with E-state index in [0.29, 0.717) is 4.18 Å². The summed E-state index contributed by atoms with van der Waals surface area (Å²) >= 11 is -6.77. The second-order valence-electron chi connectivity index (χ2n) is 15.8. The molecular weight excluding hydrogens is 718 g/mol. The number of fused-ring (bicyclic) bond motifs is 3. The average Bonchev–Trinajstić information content (AvgIpc) is 3.59. The number of benzene rings is 3. The average molecular weight is 766 g/mol. The van der Waals surface area contributed by atoms with Gasteiger partial charge in [0.25, 0.3) is 0 Å². The first-order chi connectivity index (χ1) is 19.4. The Morgan fingerprint density at radius 3 is 1.69 bits per heavy atom. The molecule has 2 aliphatic rings. The summed E-state index contributed by atoms with van der Waals surface area (Å²) in [7, 11) is 18.1. The number of unbranched alkanes of at least 4 members (excludes halogenated alkanes) is 2. The number of rotatable bonds is 8. The molecule has 0 bridgehead atoms. The molecule has 0 nitrogen and oxygen atoms in total. The summed E-state index contributed by atoms with van der Waals surface area (Å²) in [4.78, 5) is 0. The molecule has 0 aromatic heterocycles. The number of allylic oxidation sites excluding steroid dienone is 5. The molecule has 222 valence electrons. The quantitative estimate of drug-likeness (QED) is 0.122. The van der Waals surface area contributed by atoms with E-state index in [4.69, 9.17) is 21.4 Å². The molecule has 42 heavy (non-hydrogen) atoms. The van der Waals surface area contributed by atoms with Gasteiger partial charge in [-0.05, 0) is 0 Å². The van der Waals surface area contributed by atoms with Crippen LogP contribution in [0.1, 0.15) is 86.7 Å². The van der Waals surface area contributed by atoms with Crippen LogP contribution in [0.5, 0.6) is 0 Å². The molecule has 0 atom stereocenters. The summed E-state index contributed by atoms with van der Waals surface area (Å²) in [5.41, 5.74) is 7.45. The molecule has 0 fully saturated rings. The van der Waals surface area contributed by atoms with E-state index in [9.17, 15) is 0 Å². The van der Waals surface area contributed by atoms with Crippen LogP contribution in [0.2, 0.25) is 7.85 Å². The first-order valence-corrected chi connectivity index (χ1v) is 35.5. The molecule has 0 amide bonds. The number of halogens is 2. The summed E-state index contributed by atoms with van der Waals surface area (Å²) in [6, 6.07) is 24.7. The van der Waals surface area contributed by atoms with Gasteiger partial charge in [0.15, 0.2) is 0 Å². The van der Waals surface area contributed by atoms with Crippen LogP contribution in [0, 0.1) is 0 Å². The molecule has 5 rings (SSSR count). The summed E-state index contributed by atoms with van der Waals surface area (Å²) < 4.78 is 6.68. The number of hydrogen-bond donors (Lipinski definition) is 0. The standard InChI is InChI=1S/C21H25.C6H5.C6H11.C5H5.CH2.2ClH.Hf/c1-20(2,3)16-7-9-18-14(12-16)11-15-13-17(21(4,5)6)8-10-19(15)18;1-2-4-6-5-3-1;1-3-5-6-4-2;1-2-4-5-3-1;;;;/h7-13H,1-6H3;1-5H;3H,1-2,4-6H2;1-5H;1H2;2*1H;/q;;;;;;;+2/p-2. The van der Waals surface area contributed by atoms with Crippen LogP contribution in [-0.4, -0.2) is 4.26 Å². The van der Waals surface area contributed by atoms with Gasteiger partial charge in [0.1, 0.15) is 0 Å². The van der Waals surface area contributed by atoms with E-state index in [1.54, 1.807) is 0 Å². The maximum absolute atomic E-state index is 9.04. The van der Waals surface area contributed by atoms with E-state index in [-0.39, 0.29) is 18.2 Å². The zero-order valence-corrected chi connectivity index (χ0v) is 31.5. The molecule has 3 aromatic carbocycles. The minimum atomic E-state index is -6.77. The van der Waals surface area contributed by atoms with Crippen LogP contribution in [0.3, 0.4) is 0 Å². The molecule has 0 unspecified atom stereocenters. The topological polar surface area (TPSA) is 0 Å². The Balaban J connectivity index is 2.01. The summed E-state index contributed by atoms with van der Waals surface area (Å²) in [6.45, 7) is 17.7. The molecule has 0 heterocycles. The molecule has 0 radical (unpaired) electrons. The Hall–Kier alpha value is -1.80. The Bertz CT molecular complexity index is 1670. The molecule has 0 spiro atoms. The second kappa shape index (κ2) is 9.35. The predicted molar refractivity (Wildman–Crippen MR) is 187 cm³/mol. The van der Waals surface area contributed by atoms with Gasteiger partial charge in [0, 0.05) is 0 Å². The molecule has 0 N–H and O–H groups in total. The molecule has 0 saturated carbocycles. The Labute approximate surface area is 255 Å². The maximum atomic E-state index is 9.04.